The molecule has 108 valence electrons. The number of carbonyl (C=O) groups excluding carboxylic acids is 2. The van der Waals surface area contributed by atoms with Gasteiger partial charge in [-0.25, -0.2) is 8.42 Å². The highest BCUT2D eigenvalue weighted by molar-refractivity contribution is 7.90. The van der Waals surface area contributed by atoms with Crippen molar-refractivity contribution in [1.29, 1.82) is 0 Å². The Morgan fingerprint density at radius 2 is 2.00 bits per heavy atom. The van der Waals surface area contributed by atoms with Crippen LogP contribution in [0.4, 0.5) is 0 Å². The van der Waals surface area contributed by atoms with Gasteiger partial charge in [0.1, 0.15) is 15.4 Å². The van der Waals surface area contributed by atoms with Crippen LogP contribution in [0.25, 0.3) is 0 Å². The minimum Gasteiger partial charge on any atom is -0.340 e. The maximum absolute atomic E-state index is 12.5. The average Bonchev–Trinajstić information content (AvgIpc) is 3.04. The first-order chi connectivity index (χ1) is 8.63. The van der Waals surface area contributed by atoms with E-state index >= 15 is 0 Å². The van der Waals surface area contributed by atoms with E-state index in [0.29, 0.717) is 0 Å². The minimum atomic E-state index is -3.18. The fourth-order valence-corrected chi connectivity index (χ4v) is 3.79. The molecular weight excluding hydrogens is 268 g/mol. The molecule has 0 aromatic carbocycles. The molecule has 2 amide bonds. The van der Waals surface area contributed by atoms with Crippen molar-refractivity contribution in [3.8, 4) is 0 Å². The Balaban J connectivity index is 2.20. The summed E-state index contributed by atoms with van der Waals surface area (Å²) in [4.78, 5) is 25.7. The van der Waals surface area contributed by atoms with Gasteiger partial charge in [0.15, 0.2) is 0 Å². The van der Waals surface area contributed by atoms with Gasteiger partial charge in [0.25, 0.3) is 0 Å². The zero-order chi connectivity index (χ0) is 14.4. The molecule has 2 atom stereocenters. The highest BCUT2D eigenvalue weighted by Crippen LogP contribution is 2.41. The van der Waals surface area contributed by atoms with Crippen molar-refractivity contribution in [2.45, 2.75) is 38.3 Å². The number of amides is 2. The molecule has 0 aromatic rings. The molecule has 0 spiro atoms. The van der Waals surface area contributed by atoms with Gasteiger partial charge in [-0.2, -0.15) is 0 Å². The van der Waals surface area contributed by atoms with E-state index in [1.807, 2.05) is 0 Å². The molecule has 1 heterocycles. The van der Waals surface area contributed by atoms with E-state index in [9.17, 15) is 18.0 Å². The number of nitrogens with zero attached hydrogens (tertiary/aromatic N) is 1. The first-order valence-electron chi connectivity index (χ1n) is 6.43. The van der Waals surface area contributed by atoms with Gasteiger partial charge < -0.3 is 10.2 Å². The Hall–Kier alpha value is -1.11. The van der Waals surface area contributed by atoms with E-state index < -0.39 is 21.4 Å². The summed E-state index contributed by atoms with van der Waals surface area (Å²) in [6.07, 6.45) is 2.99. The summed E-state index contributed by atoms with van der Waals surface area (Å²) >= 11 is 0. The normalized spacial score (nSPS) is 30.2. The van der Waals surface area contributed by atoms with Crippen LogP contribution >= 0.6 is 0 Å². The van der Waals surface area contributed by atoms with Gasteiger partial charge in [0.2, 0.25) is 11.8 Å². The largest absolute Gasteiger partial charge is 0.340 e. The summed E-state index contributed by atoms with van der Waals surface area (Å²) in [6, 6.07) is -0.480. The molecule has 7 heteroatoms. The lowest BCUT2D eigenvalue weighted by molar-refractivity contribution is -0.151. The van der Waals surface area contributed by atoms with Gasteiger partial charge in [-0.1, -0.05) is 0 Å². The van der Waals surface area contributed by atoms with Gasteiger partial charge in [-0.05, 0) is 32.6 Å². The summed E-state index contributed by atoms with van der Waals surface area (Å²) in [5, 5.41) is 2.77. The SMILES string of the molecule is CC(CS(C)(=O)=O)N1CC(=O)NC(C)(C2CC2)C1=O. The van der Waals surface area contributed by atoms with Gasteiger partial charge in [0.05, 0.1) is 12.3 Å². The summed E-state index contributed by atoms with van der Waals surface area (Å²) in [5.74, 6) is -0.315. The number of hydrogen-bond donors (Lipinski definition) is 1. The summed E-state index contributed by atoms with van der Waals surface area (Å²) in [7, 11) is -3.18. The lowest BCUT2D eigenvalue weighted by atomic mass is 9.91. The Morgan fingerprint density at radius 3 is 2.47 bits per heavy atom. The maximum Gasteiger partial charge on any atom is 0.249 e. The van der Waals surface area contributed by atoms with Crippen molar-refractivity contribution >= 4 is 21.7 Å². The van der Waals surface area contributed by atoms with Crippen molar-refractivity contribution in [3.05, 3.63) is 0 Å². The van der Waals surface area contributed by atoms with Crippen LogP contribution in [0.15, 0.2) is 0 Å². The van der Waals surface area contributed by atoms with E-state index in [2.05, 4.69) is 5.32 Å². The molecule has 2 rings (SSSR count). The Morgan fingerprint density at radius 1 is 1.42 bits per heavy atom. The first kappa shape index (κ1) is 14.3. The number of hydrogen-bond acceptors (Lipinski definition) is 4. The van der Waals surface area contributed by atoms with E-state index in [0.717, 1.165) is 19.1 Å². The van der Waals surface area contributed by atoms with Crippen LogP contribution in [-0.2, 0) is 19.4 Å². The van der Waals surface area contributed by atoms with E-state index in [1.54, 1.807) is 13.8 Å². The zero-order valence-electron chi connectivity index (χ0n) is 11.5. The number of nitrogens with one attached hydrogen (secondary N) is 1. The summed E-state index contributed by atoms with van der Waals surface area (Å²) in [5.41, 5.74) is -0.860. The first-order valence-corrected chi connectivity index (χ1v) is 8.49. The molecule has 2 aliphatic rings. The second kappa shape index (κ2) is 4.47. The molecule has 1 saturated heterocycles. The lowest BCUT2D eigenvalue weighted by Gasteiger charge is -2.42. The molecule has 1 aliphatic heterocycles. The maximum atomic E-state index is 12.5. The molecule has 19 heavy (non-hydrogen) atoms. The van der Waals surface area contributed by atoms with Crippen molar-refractivity contribution < 1.29 is 18.0 Å². The number of carbonyl (C=O) groups is 2. The van der Waals surface area contributed by atoms with Gasteiger partial charge in [-0.3, -0.25) is 9.59 Å². The standard InChI is InChI=1S/C12H20N2O4S/c1-8(7-19(3,17)18)14-6-10(15)13-12(2,11(14)16)9-4-5-9/h8-9H,4-7H2,1-3H3,(H,13,15). The highest BCUT2D eigenvalue weighted by Gasteiger charge is 2.53. The van der Waals surface area contributed by atoms with Crippen LogP contribution in [0.2, 0.25) is 0 Å². The van der Waals surface area contributed by atoms with Crippen LogP contribution in [0.1, 0.15) is 26.7 Å². The summed E-state index contributed by atoms with van der Waals surface area (Å²) in [6.45, 7) is 3.35. The lowest BCUT2D eigenvalue weighted by Crippen LogP contribution is -2.68. The van der Waals surface area contributed by atoms with E-state index in [-0.39, 0.29) is 30.0 Å². The Kier molecular flexibility index (Phi) is 3.36. The minimum absolute atomic E-state index is 0.0577. The molecule has 2 fully saturated rings. The molecular formula is C12H20N2O4S. The molecule has 1 aliphatic carbocycles. The predicted octanol–water partition coefficient (Wildman–Crippen LogP) is -0.453. The highest BCUT2D eigenvalue weighted by atomic mass is 32.2. The van der Waals surface area contributed by atoms with Crippen LogP contribution in [0, 0.1) is 5.92 Å². The second-order valence-electron chi connectivity index (χ2n) is 5.90. The van der Waals surface area contributed by atoms with Gasteiger partial charge in [0, 0.05) is 12.3 Å². The van der Waals surface area contributed by atoms with Crippen molar-refractivity contribution in [2.24, 2.45) is 5.92 Å². The van der Waals surface area contributed by atoms with Crippen molar-refractivity contribution in [3.63, 3.8) is 0 Å². The zero-order valence-corrected chi connectivity index (χ0v) is 12.3. The fraction of sp³-hybridized carbons (Fsp3) is 0.833. The molecule has 6 nitrogen and oxygen atoms in total. The molecule has 1 N–H and O–H groups in total. The average molecular weight is 288 g/mol. The molecule has 0 aromatic heterocycles. The third kappa shape index (κ3) is 2.91. The van der Waals surface area contributed by atoms with Crippen LogP contribution in [0.3, 0.4) is 0 Å². The quantitative estimate of drug-likeness (QED) is 0.759. The topological polar surface area (TPSA) is 83.6 Å². The number of rotatable bonds is 4. The number of sulfone groups is 1. The predicted molar refractivity (Wildman–Crippen MR) is 70.2 cm³/mol. The Labute approximate surface area is 113 Å². The van der Waals surface area contributed by atoms with Crippen molar-refractivity contribution in [2.75, 3.05) is 18.6 Å². The molecule has 1 saturated carbocycles. The van der Waals surface area contributed by atoms with Gasteiger partial charge >= 0.3 is 0 Å². The third-order valence-corrected chi connectivity index (χ3v) is 4.98. The Bertz CT molecular complexity index is 512. The van der Waals surface area contributed by atoms with Crippen LogP contribution < -0.4 is 5.32 Å². The molecule has 0 bridgehead atoms. The second-order valence-corrected chi connectivity index (χ2v) is 8.08. The molecule has 2 unspecified atom stereocenters. The van der Waals surface area contributed by atoms with E-state index in [4.69, 9.17) is 0 Å². The third-order valence-electron chi connectivity index (χ3n) is 3.89. The monoisotopic (exact) mass is 288 g/mol. The van der Waals surface area contributed by atoms with Crippen LogP contribution in [-0.4, -0.2) is 55.3 Å². The smallest absolute Gasteiger partial charge is 0.249 e. The van der Waals surface area contributed by atoms with Gasteiger partial charge in [-0.15, -0.1) is 0 Å². The number of piperazine rings is 1. The van der Waals surface area contributed by atoms with Crippen molar-refractivity contribution in [1.82, 2.24) is 10.2 Å². The summed E-state index contributed by atoms with van der Waals surface area (Å²) < 4.78 is 22.7. The molecule has 0 radical (unpaired) electrons. The van der Waals surface area contributed by atoms with Crippen LogP contribution in [0.5, 0.6) is 0 Å². The fourth-order valence-electron chi connectivity index (χ4n) is 2.73. The van der Waals surface area contributed by atoms with E-state index in [1.165, 1.54) is 4.90 Å².